The van der Waals surface area contributed by atoms with Crippen LogP contribution in [0.25, 0.3) is 22.0 Å². The van der Waals surface area contributed by atoms with E-state index in [4.69, 9.17) is 16.2 Å². The number of nitrogens with two attached hydrogens (primary N) is 2. The molecular formula is C31H35N5O4. The molecule has 9 heteroatoms. The molecule has 3 aromatic carbocycles. The molecule has 0 aliphatic carbocycles. The lowest BCUT2D eigenvalue weighted by Gasteiger charge is -2.17. The summed E-state index contributed by atoms with van der Waals surface area (Å²) in [5.74, 6) is -1.16. The van der Waals surface area contributed by atoms with Crippen LogP contribution in [0, 0.1) is 0 Å². The van der Waals surface area contributed by atoms with Gasteiger partial charge in [0, 0.05) is 28.4 Å². The summed E-state index contributed by atoms with van der Waals surface area (Å²) < 4.78 is 4.85. The molecule has 4 aromatic rings. The van der Waals surface area contributed by atoms with Gasteiger partial charge in [-0.1, -0.05) is 42.5 Å². The van der Waals surface area contributed by atoms with Crippen molar-refractivity contribution in [2.75, 3.05) is 19.0 Å². The van der Waals surface area contributed by atoms with Gasteiger partial charge in [0.1, 0.15) is 6.04 Å². The van der Waals surface area contributed by atoms with Crippen molar-refractivity contribution in [1.82, 2.24) is 10.3 Å². The third-order valence-electron chi connectivity index (χ3n) is 6.78. The molecule has 0 bridgehead atoms. The van der Waals surface area contributed by atoms with E-state index in [-0.39, 0.29) is 11.8 Å². The number of hydrogen-bond acceptors (Lipinski definition) is 6. The Labute approximate surface area is 233 Å². The maximum absolute atomic E-state index is 13.0. The first-order valence-corrected chi connectivity index (χ1v) is 13.3. The molecule has 0 fully saturated rings. The van der Waals surface area contributed by atoms with Crippen molar-refractivity contribution in [3.8, 4) is 11.1 Å². The molecule has 0 saturated carbocycles. The predicted octanol–water partition coefficient (Wildman–Crippen LogP) is 3.74. The summed E-state index contributed by atoms with van der Waals surface area (Å²) in [7, 11) is 1.30. The smallest absolute Gasteiger partial charge is 0.328 e. The second-order valence-corrected chi connectivity index (χ2v) is 9.65. The number of hydrogen-bond donors (Lipinski definition) is 5. The minimum atomic E-state index is -0.750. The number of esters is 1. The first kappa shape index (κ1) is 28.5. The SMILES string of the molecule is COC(=O)[C@H](CCCCN)NC(=O)c1cccc(-c2cccc(NC(=O)[C@@H](N)Cc3c[nH]c4ccccc34)c2)c1. The zero-order valence-corrected chi connectivity index (χ0v) is 22.5. The zero-order chi connectivity index (χ0) is 28.5. The van der Waals surface area contributed by atoms with Crippen molar-refractivity contribution in [1.29, 1.82) is 0 Å². The van der Waals surface area contributed by atoms with Crippen LogP contribution in [0.3, 0.4) is 0 Å². The highest BCUT2D eigenvalue weighted by Gasteiger charge is 2.22. The second kappa shape index (κ2) is 13.5. The van der Waals surface area contributed by atoms with Gasteiger partial charge < -0.3 is 31.8 Å². The fourth-order valence-electron chi connectivity index (χ4n) is 4.61. The van der Waals surface area contributed by atoms with E-state index >= 15 is 0 Å². The Kier molecular flexibility index (Phi) is 9.66. The fraction of sp³-hybridized carbons (Fsp3) is 0.258. The Balaban J connectivity index is 1.43. The largest absolute Gasteiger partial charge is 0.467 e. The Morgan fingerprint density at radius 1 is 0.950 bits per heavy atom. The molecule has 1 aromatic heterocycles. The first-order chi connectivity index (χ1) is 19.4. The summed E-state index contributed by atoms with van der Waals surface area (Å²) in [6.45, 7) is 0.513. The number of aromatic amines is 1. The summed E-state index contributed by atoms with van der Waals surface area (Å²) in [5.41, 5.74) is 16.4. The number of fused-ring (bicyclic) bond motifs is 1. The monoisotopic (exact) mass is 541 g/mol. The lowest BCUT2D eigenvalue weighted by molar-refractivity contribution is -0.143. The quantitative estimate of drug-likeness (QED) is 0.136. The van der Waals surface area contributed by atoms with Gasteiger partial charge in [0.05, 0.1) is 13.2 Å². The maximum atomic E-state index is 13.0. The highest BCUT2D eigenvalue weighted by molar-refractivity contribution is 5.98. The van der Waals surface area contributed by atoms with E-state index < -0.39 is 18.1 Å². The molecule has 2 atom stereocenters. The Morgan fingerprint density at radius 3 is 2.48 bits per heavy atom. The van der Waals surface area contributed by atoms with Gasteiger partial charge >= 0.3 is 5.97 Å². The normalized spacial score (nSPS) is 12.5. The van der Waals surface area contributed by atoms with E-state index in [2.05, 4.69) is 15.6 Å². The van der Waals surface area contributed by atoms with Gasteiger partial charge in [0.2, 0.25) is 5.91 Å². The van der Waals surface area contributed by atoms with Gasteiger partial charge in [-0.15, -0.1) is 0 Å². The lowest BCUT2D eigenvalue weighted by Crippen LogP contribution is -2.41. The topological polar surface area (TPSA) is 152 Å². The molecule has 0 spiro atoms. The minimum absolute atomic E-state index is 0.293. The molecule has 0 radical (unpaired) electrons. The van der Waals surface area contributed by atoms with Crippen LogP contribution in [0.4, 0.5) is 5.69 Å². The van der Waals surface area contributed by atoms with Gasteiger partial charge in [0.15, 0.2) is 0 Å². The van der Waals surface area contributed by atoms with Crippen LogP contribution in [-0.4, -0.2) is 48.5 Å². The minimum Gasteiger partial charge on any atom is -0.467 e. The number of H-pyrrole nitrogens is 1. The number of methoxy groups -OCH3 is 1. The van der Waals surface area contributed by atoms with Crippen LogP contribution in [0.15, 0.2) is 79.0 Å². The van der Waals surface area contributed by atoms with Crippen LogP contribution >= 0.6 is 0 Å². The summed E-state index contributed by atoms with van der Waals surface area (Å²) >= 11 is 0. The van der Waals surface area contributed by atoms with Crippen molar-refractivity contribution < 1.29 is 19.1 Å². The van der Waals surface area contributed by atoms with E-state index in [9.17, 15) is 14.4 Å². The summed E-state index contributed by atoms with van der Waals surface area (Å²) in [4.78, 5) is 41.2. The standard InChI is InChI=1S/C31H35N5O4/c1-40-31(39)28(14-4-5-15-32)36-29(37)22-10-6-8-20(16-22)21-9-7-11-24(17-21)35-30(38)26(33)18-23-19-34-27-13-3-2-12-25(23)27/h2-3,6-13,16-17,19,26,28,34H,4-5,14-15,18,32-33H2,1H3,(H,35,38)(H,36,37)/t26-,28-/m0/s1. The predicted molar refractivity (Wildman–Crippen MR) is 157 cm³/mol. The van der Waals surface area contributed by atoms with Crippen molar-refractivity contribution in [3.05, 3.63) is 90.1 Å². The van der Waals surface area contributed by atoms with Gasteiger partial charge in [-0.05, 0) is 79.3 Å². The van der Waals surface area contributed by atoms with Crippen molar-refractivity contribution >= 4 is 34.4 Å². The van der Waals surface area contributed by atoms with Gasteiger partial charge in [-0.25, -0.2) is 4.79 Å². The maximum Gasteiger partial charge on any atom is 0.328 e. The van der Waals surface area contributed by atoms with Crippen LogP contribution in [0.2, 0.25) is 0 Å². The van der Waals surface area contributed by atoms with Crippen LogP contribution in [0.5, 0.6) is 0 Å². The Bertz CT molecular complexity index is 1480. The van der Waals surface area contributed by atoms with E-state index in [0.29, 0.717) is 37.1 Å². The third kappa shape index (κ3) is 7.13. The second-order valence-electron chi connectivity index (χ2n) is 9.65. The number of amides is 2. The third-order valence-corrected chi connectivity index (χ3v) is 6.78. The number of ether oxygens (including phenoxy) is 1. The summed E-state index contributed by atoms with van der Waals surface area (Å²) in [6.07, 6.45) is 4.17. The van der Waals surface area contributed by atoms with Crippen molar-refractivity contribution in [2.45, 2.75) is 37.8 Å². The highest BCUT2D eigenvalue weighted by atomic mass is 16.5. The molecular weight excluding hydrogens is 506 g/mol. The van der Waals surface area contributed by atoms with Crippen LogP contribution < -0.4 is 22.1 Å². The Morgan fingerprint density at radius 2 is 1.70 bits per heavy atom. The first-order valence-electron chi connectivity index (χ1n) is 13.3. The molecule has 1 heterocycles. The number of anilines is 1. The molecule has 2 amide bonds. The number of benzene rings is 3. The van der Waals surface area contributed by atoms with Gasteiger partial charge in [-0.3, -0.25) is 9.59 Å². The fourth-order valence-corrected chi connectivity index (χ4v) is 4.61. The number of aromatic nitrogens is 1. The lowest BCUT2D eigenvalue weighted by atomic mass is 10.0. The van der Waals surface area contributed by atoms with E-state index in [0.717, 1.165) is 34.0 Å². The summed E-state index contributed by atoms with van der Waals surface area (Å²) in [5, 5.41) is 6.72. The average Bonchev–Trinajstić information content (AvgIpc) is 3.39. The number of unbranched alkanes of at least 4 members (excludes halogenated alkanes) is 1. The van der Waals surface area contributed by atoms with Crippen LogP contribution in [-0.2, 0) is 20.7 Å². The molecule has 0 unspecified atom stereocenters. The van der Waals surface area contributed by atoms with E-state index in [1.54, 1.807) is 24.3 Å². The van der Waals surface area contributed by atoms with E-state index in [1.165, 1.54) is 7.11 Å². The molecule has 9 nitrogen and oxygen atoms in total. The van der Waals surface area contributed by atoms with E-state index in [1.807, 2.05) is 54.7 Å². The molecule has 0 aliphatic heterocycles. The molecule has 0 saturated heterocycles. The number of carbonyl (C=O) groups is 3. The average molecular weight is 542 g/mol. The summed E-state index contributed by atoms with van der Waals surface area (Å²) in [6, 6.07) is 20.8. The molecule has 208 valence electrons. The van der Waals surface area contributed by atoms with Gasteiger partial charge in [0.25, 0.3) is 5.91 Å². The van der Waals surface area contributed by atoms with Crippen molar-refractivity contribution in [2.24, 2.45) is 11.5 Å². The zero-order valence-electron chi connectivity index (χ0n) is 22.5. The number of carbonyl (C=O) groups excluding carboxylic acids is 3. The number of nitrogens with one attached hydrogen (secondary N) is 3. The number of rotatable bonds is 12. The van der Waals surface area contributed by atoms with Gasteiger partial charge in [-0.2, -0.15) is 0 Å². The molecule has 40 heavy (non-hydrogen) atoms. The van der Waals surface area contributed by atoms with Crippen molar-refractivity contribution in [3.63, 3.8) is 0 Å². The number of para-hydroxylation sites is 1. The molecule has 0 aliphatic rings. The molecule has 4 rings (SSSR count). The van der Waals surface area contributed by atoms with Crippen LogP contribution in [0.1, 0.15) is 35.2 Å². The molecule has 7 N–H and O–H groups in total. The Hall–Kier alpha value is -4.47. The highest BCUT2D eigenvalue weighted by Crippen LogP contribution is 2.24.